The third-order valence-electron chi connectivity index (χ3n) is 5.60. The molecule has 5 rings (SSSR count). The van der Waals surface area contributed by atoms with Crippen molar-refractivity contribution < 1.29 is 4.79 Å². The highest BCUT2D eigenvalue weighted by atomic mass is 16.2. The molecule has 2 aromatic carbocycles. The van der Waals surface area contributed by atoms with Crippen molar-refractivity contribution in [3.63, 3.8) is 0 Å². The van der Waals surface area contributed by atoms with Crippen LogP contribution in [-0.4, -0.2) is 22.1 Å². The molecule has 2 heterocycles. The van der Waals surface area contributed by atoms with Gasteiger partial charge in [-0.25, -0.2) is 9.89 Å². The van der Waals surface area contributed by atoms with Gasteiger partial charge in [0.05, 0.1) is 6.20 Å². The summed E-state index contributed by atoms with van der Waals surface area (Å²) in [5.41, 5.74) is 9.54. The summed E-state index contributed by atoms with van der Waals surface area (Å²) in [4.78, 5) is 19.8. The van der Waals surface area contributed by atoms with Gasteiger partial charge in [-0.3, -0.25) is 9.89 Å². The van der Waals surface area contributed by atoms with E-state index in [1.54, 1.807) is 12.3 Å². The van der Waals surface area contributed by atoms with E-state index in [4.69, 9.17) is 10.7 Å². The van der Waals surface area contributed by atoms with E-state index in [0.717, 1.165) is 29.5 Å². The minimum Gasteiger partial charge on any atom is -0.369 e. The fourth-order valence-electron chi connectivity index (χ4n) is 4.11. The maximum absolute atomic E-state index is 13.6. The van der Waals surface area contributed by atoms with Crippen molar-refractivity contribution in [3.05, 3.63) is 71.9 Å². The third-order valence-corrected chi connectivity index (χ3v) is 5.60. The van der Waals surface area contributed by atoms with Crippen LogP contribution in [0, 0.1) is 12.8 Å². The van der Waals surface area contributed by atoms with Crippen LogP contribution in [0.3, 0.4) is 0 Å². The molecule has 3 aromatic rings. The summed E-state index contributed by atoms with van der Waals surface area (Å²) < 4.78 is 0. The number of aliphatic imine (C=N–C) groups is 1. The van der Waals surface area contributed by atoms with Gasteiger partial charge in [-0.05, 0) is 48.4 Å². The lowest BCUT2D eigenvalue weighted by Gasteiger charge is -2.26. The minimum absolute atomic E-state index is 0.113. The molecule has 0 spiro atoms. The maximum Gasteiger partial charge on any atom is 0.268 e. The molecule has 1 unspecified atom stereocenters. The zero-order chi connectivity index (χ0) is 19.3. The molecular weight excluding hydrogens is 350 g/mol. The van der Waals surface area contributed by atoms with Gasteiger partial charge in [-0.2, -0.15) is 5.10 Å². The van der Waals surface area contributed by atoms with Crippen molar-refractivity contribution in [1.29, 1.82) is 0 Å². The molecule has 0 bridgehead atoms. The van der Waals surface area contributed by atoms with E-state index in [0.29, 0.717) is 5.82 Å². The topological polar surface area (TPSA) is 87.4 Å². The number of carbonyl (C=O) groups is 1. The highest BCUT2D eigenvalue weighted by Gasteiger charge is 2.58. The Morgan fingerprint density at radius 1 is 1.11 bits per heavy atom. The average molecular weight is 371 g/mol. The van der Waals surface area contributed by atoms with E-state index in [1.807, 2.05) is 18.2 Å². The number of hydrogen-bond donors (Lipinski definition) is 2. The summed E-state index contributed by atoms with van der Waals surface area (Å²) >= 11 is 0. The Hall–Kier alpha value is -3.41. The molecule has 1 aliphatic heterocycles. The number of H-pyrrole nitrogens is 1. The van der Waals surface area contributed by atoms with Crippen molar-refractivity contribution >= 4 is 17.7 Å². The van der Waals surface area contributed by atoms with E-state index >= 15 is 0 Å². The van der Waals surface area contributed by atoms with Crippen molar-refractivity contribution in [2.45, 2.75) is 25.3 Å². The van der Waals surface area contributed by atoms with Gasteiger partial charge in [0, 0.05) is 6.07 Å². The Morgan fingerprint density at radius 3 is 2.54 bits per heavy atom. The predicted octanol–water partition coefficient (Wildman–Crippen LogP) is 3.35. The lowest BCUT2D eigenvalue weighted by Crippen LogP contribution is -2.44. The number of aromatic amines is 1. The highest BCUT2D eigenvalue weighted by Crippen LogP contribution is 2.52. The molecule has 0 saturated heterocycles. The van der Waals surface area contributed by atoms with Crippen molar-refractivity contribution in [1.82, 2.24) is 10.2 Å². The van der Waals surface area contributed by atoms with E-state index in [1.165, 1.54) is 10.5 Å². The Labute approximate surface area is 163 Å². The van der Waals surface area contributed by atoms with E-state index in [2.05, 4.69) is 47.5 Å². The fourth-order valence-corrected chi connectivity index (χ4v) is 4.11. The molecule has 1 fully saturated rings. The predicted molar refractivity (Wildman–Crippen MR) is 109 cm³/mol. The number of rotatable bonds is 4. The molecule has 1 aliphatic carbocycles. The van der Waals surface area contributed by atoms with E-state index < -0.39 is 5.54 Å². The lowest BCUT2D eigenvalue weighted by molar-refractivity contribution is -0.122. The highest BCUT2D eigenvalue weighted by molar-refractivity contribution is 6.23. The van der Waals surface area contributed by atoms with Crippen LogP contribution in [0.2, 0.25) is 0 Å². The summed E-state index contributed by atoms with van der Waals surface area (Å²) in [6, 6.07) is 18.2. The van der Waals surface area contributed by atoms with Crippen molar-refractivity contribution in [2.24, 2.45) is 16.6 Å². The second-order valence-electron chi connectivity index (χ2n) is 7.54. The van der Waals surface area contributed by atoms with Gasteiger partial charge in [0.1, 0.15) is 5.82 Å². The molecule has 1 saturated carbocycles. The number of hydrogen-bond acceptors (Lipinski definition) is 4. The number of nitrogens with one attached hydrogen (secondary N) is 1. The largest absolute Gasteiger partial charge is 0.369 e. The van der Waals surface area contributed by atoms with E-state index in [-0.39, 0.29) is 17.8 Å². The van der Waals surface area contributed by atoms with Crippen LogP contribution in [0.1, 0.15) is 24.0 Å². The van der Waals surface area contributed by atoms with Crippen LogP contribution in [0.5, 0.6) is 0 Å². The van der Waals surface area contributed by atoms with Crippen LogP contribution >= 0.6 is 0 Å². The summed E-state index contributed by atoms with van der Waals surface area (Å²) in [5.74, 6) is 0.808. The normalized spacial score (nSPS) is 21.8. The number of nitrogens with two attached hydrogens (primary N) is 1. The molecule has 1 amide bonds. The van der Waals surface area contributed by atoms with Crippen LogP contribution in [-0.2, 0) is 10.3 Å². The molecule has 6 nitrogen and oxygen atoms in total. The SMILES string of the molecule is Cc1cccc(-c2cccc(C3(C4CC4)N=C(N)N(c4ccn[nH]4)C3=O)c2)c1. The molecule has 2 aliphatic rings. The van der Waals surface area contributed by atoms with Gasteiger partial charge in [0.25, 0.3) is 5.91 Å². The average Bonchev–Trinajstić information content (AvgIpc) is 3.35. The van der Waals surface area contributed by atoms with Gasteiger partial charge in [0.2, 0.25) is 5.96 Å². The lowest BCUT2D eigenvalue weighted by atomic mass is 9.83. The summed E-state index contributed by atoms with van der Waals surface area (Å²) in [6.07, 6.45) is 3.54. The van der Waals surface area contributed by atoms with Crippen LogP contribution in [0.25, 0.3) is 11.1 Å². The van der Waals surface area contributed by atoms with Crippen molar-refractivity contribution in [3.8, 4) is 11.1 Å². The van der Waals surface area contributed by atoms with Gasteiger partial charge >= 0.3 is 0 Å². The number of amides is 1. The maximum atomic E-state index is 13.6. The Bertz CT molecular complexity index is 1080. The van der Waals surface area contributed by atoms with Gasteiger partial charge < -0.3 is 5.73 Å². The zero-order valence-electron chi connectivity index (χ0n) is 15.6. The number of anilines is 1. The first-order valence-electron chi connectivity index (χ1n) is 9.46. The second kappa shape index (κ2) is 6.05. The zero-order valence-corrected chi connectivity index (χ0v) is 15.6. The monoisotopic (exact) mass is 371 g/mol. The minimum atomic E-state index is -0.963. The van der Waals surface area contributed by atoms with Crippen molar-refractivity contribution in [2.75, 3.05) is 4.90 Å². The Kier molecular flexibility index (Phi) is 3.62. The fraction of sp³-hybridized carbons (Fsp3) is 0.227. The summed E-state index contributed by atoms with van der Waals surface area (Å²) in [6.45, 7) is 2.08. The van der Waals surface area contributed by atoms with Gasteiger partial charge in [-0.15, -0.1) is 0 Å². The van der Waals surface area contributed by atoms with Gasteiger partial charge in [0.15, 0.2) is 5.54 Å². The number of carbonyl (C=O) groups excluding carboxylic acids is 1. The Balaban J connectivity index is 1.62. The first kappa shape index (κ1) is 16.7. The molecule has 28 heavy (non-hydrogen) atoms. The first-order chi connectivity index (χ1) is 13.6. The number of guanidine groups is 1. The first-order valence-corrected chi connectivity index (χ1v) is 9.46. The second-order valence-corrected chi connectivity index (χ2v) is 7.54. The van der Waals surface area contributed by atoms with Crippen LogP contribution < -0.4 is 10.6 Å². The molecule has 1 atom stereocenters. The van der Waals surface area contributed by atoms with Gasteiger partial charge in [-0.1, -0.05) is 48.0 Å². The Morgan fingerprint density at radius 2 is 1.86 bits per heavy atom. The summed E-state index contributed by atoms with van der Waals surface area (Å²) in [5, 5.41) is 6.78. The smallest absolute Gasteiger partial charge is 0.268 e. The number of aromatic nitrogens is 2. The van der Waals surface area contributed by atoms with Crippen LogP contribution in [0.4, 0.5) is 5.82 Å². The molecular formula is C22H21N5O. The molecule has 3 N–H and O–H groups in total. The quantitative estimate of drug-likeness (QED) is 0.737. The van der Waals surface area contributed by atoms with Crippen LogP contribution in [0.15, 0.2) is 65.8 Å². The number of aryl methyl sites for hydroxylation is 1. The number of benzene rings is 2. The molecule has 1 aromatic heterocycles. The van der Waals surface area contributed by atoms with E-state index in [9.17, 15) is 4.79 Å². The number of nitrogens with zero attached hydrogens (tertiary/aromatic N) is 3. The molecule has 6 heteroatoms. The standard InChI is InChI=1S/C22H21N5O/c1-14-4-2-5-15(12-14)16-6-3-7-18(13-16)22(17-8-9-17)20(28)27(21(23)25-22)19-10-11-24-26-19/h2-7,10-13,17H,8-9H2,1H3,(H2,23,25)(H,24,26). The summed E-state index contributed by atoms with van der Waals surface area (Å²) in [7, 11) is 0. The molecule has 140 valence electrons. The third kappa shape index (κ3) is 2.45. The molecule has 0 radical (unpaired) electrons.